The van der Waals surface area contributed by atoms with Crippen LogP contribution in [0.25, 0.3) is 0 Å². The fourth-order valence-corrected chi connectivity index (χ4v) is 3.43. The van der Waals surface area contributed by atoms with E-state index in [0.29, 0.717) is 5.56 Å². The van der Waals surface area contributed by atoms with Crippen LogP contribution in [0.4, 0.5) is 0 Å². The minimum atomic E-state index is -2.83. The van der Waals surface area contributed by atoms with Crippen LogP contribution in [0.2, 0.25) is 0 Å². The van der Waals surface area contributed by atoms with Crippen molar-refractivity contribution in [2.45, 2.75) is 63.1 Å². The molecular weight excluding hydrogens is 430 g/mol. The first kappa shape index (κ1) is 25.6. The minimum absolute atomic E-state index is 0.0153. The number of aliphatic hydroxyl groups is 4. The summed E-state index contributed by atoms with van der Waals surface area (Å²) in [5.74, 6) is -5.80. The van der Waals surface area contributed by atoms with Gasteiger partial charge in [0.15, 0.2) is 6.10 Å². The third-order valence-electron chi connectivity index (χ3n) is 4.87. The van der Waals surface area contributed by atoms with E-state index in [-0.39, 0.29) is 12.3 Å². The van der Waals surface area contributed by atoms with Gasteiger partial charge in [0.1, 0.15) is 18.0 Å². The van der Waals surface area contributed by atoms with Crippen molar-refractivity contribution in [3.8, 4) is 5.75 Å². The summed E-state index contributed by atoms with van der Waals surface area (Å²) in [5, 5.41) is 52.7. The summed E-state index contributed by atoms with van der Waals surface area (Å²) < 4.78 is 15.4. The topological polar surface area (TPSA) is 192 Å². The van der Waals surface area contributed by atoms with E-state index >= 15 is 0 Å². The molecule has 1 fully saturated rings. The van der Waals surface area contributed by atoms with Gasteiger partial charge in [-0.1, -0.05) is 18.2 Å². The highest BCUT2D eigenvalue weighted by Crippen LogP contribution is 2.32. The fraction of sp³-hybridized carbons (Fsp3) is 0.550. The van der Waals surface area contributed by atoms with Crippen molar-refractivity contribution < 1.29 is 54.1 Å². The predicted octanol–water partition coefficient (Wildman–Crippen LogP) is -1.72. The molecular formula is C20H27NO11. The van der Waals surface area contributed by atoms with E-state index in [9.17, 15) is 39.9 Å². The number of benzene rings is 1. The molecule has 12 heteroatoms. The Hall–Kier alpha value is -2.61. The Morgan fingerprint density at radius 2 is 1.91 bits per heavy atom. The molecule has 0 amide bonds. The summed E-state index contributed by atoms with van der Waals surface area (Å²) in [6, 6.07) is 5.34. The van der Waals surface area contributed by atoms with Gasteiger partial charge in [-0.15, -0.1) is 0 Å². The fourth-order valence-electron chi connectivity index (χ4n) is 3.43. The van der Waals surface area contributed by atoms with Gasteiger partial charge in [0, 0.05) is 32.4 Å². The molecule has 1 unspecified atom stereocenters. The quantitative estimate of drug-likeness (QED) is 0.182. The largest absolute Gasteiger partial charge is 0.477 e. The molecule has 12 nitrogen and oxygen atoms in total. The smallest absolute Gasteiger partial charge is 0.364 e. The molecule has 6 N–H and O–H groups in total. The van der Waals surface area contributed by atoms with Crippen molar-refractivity contribution in [3.63, 3.8) is 0 Å². The van der Waals surface area contributed by atoms with Crippen molar-refractivity contribution in [1.82, 2.24) is 5.32 Å². The number of hydrogen-bond donors (Lipinski definition) is 6. The van der Waals surface area contributed by atoms with Gasteiger partial charge >= 0.3 is 17.9 Å². The SMILES string of the molecule is CC(=O)Oc1ccccc1CN[C@H]1[C@H]([C@H](OC(C)=O)[C@H](O)CO)OC(O)(C(=O)O)C[C@@H]1O. The summed E-state index contributed by atoms with van der Waals surface area (Å²) in [7, 11) is 0. The molecule has 0 bridgehead atoms. The zero-order valence-electron chi connectivity index (χ0n) is 17.5. The maximum absolute atomic E-state index is 11.5. The summed E-state index contributed by atoms with van der Waals surface area (Å²) in [4.78, 5) is 34.4. The monoisotopic (exact) mass is 457 g/mol. The molecule has 32 heavy (non-hydrogen) atoms. The van der Waals surface area contributed by atoms with Gasteiger partial charge in [-0.2, -0.15) is 0 Å². The number of carboxylic acids is 1. The van der Waals surface area contributed by atoms with Crippen LogP contribution in [0.5, 0.6) is 5.75 Å². The average molecular weight is 457 g/mol. The second kappa shape index (κ2) is 10.8. The van der Waals surface area contributed by atoms with Crippen molar-refractivity contribution in [2.75, 3.05) is 6.61 Å². The Kier molecular flexibility index (Phi) is 8.66. The second-order valence-electron chi connectivity index (χ2n) is 7.38. The standard InChI is InChI=1S/C20H27NO11/c1-10(23)30-15-6-4-3-5-12(15)8-21-16-13(25)7-20(29,19(27)28)32-18(16)17(14(26)9-22)31-11(2)24/h3-6,13-14,16-18,21-22,25-26,29H,7-9H2,1-2H3,(H,27,28)/t13-,14+,16+,17+,18+,20?/m0/s1. The Morgan fingerprint density at radius 1 is 1.25 bits per heavy atom. The van der Waals surface area contributed by atoms with Gasteiger partial charge in [0.2, 0.25) is 0 Å². The first-order chi connectivity index (χ1) is 15.0. The number of esters is 2. The van der Waals surface area contributed by atoms with E-state index in [4.69, 9.17) is 14.2 Å². The number of para-hydroxylation sites is 1. The summed E-state index contributed by atoms with van der Waals surface area (Å²) in [6.45, 7) is 1.36. The van der Waals surface area contributed by atoms with E-state index in [1.165, 1.54) is 6.92 Å². The van der Waals surface area contributed by atoms with E-state index in [1.54, 1.807) is 24.3 Å². The van der Waals surface area contributed by atoms with Crippen LogP contribution in [-0.4, -0.2) is 86.3 Å². The van der Waals surface area contributed by atoms with Gasteiger partial charge in [0.05, 0.1) is 18.8 Å². The second-order valence-corrected chi connectivity index (χ2v) is 7.38. The summed E-state index contributed by atoms with van der Waals surface area (Å²) in [6.07, 6.45) is -7.17. The summed E-state index contributed by atoms with van der Waals surface area (Å²) >= 11 is 0. The highest BCUT2D eigenvalue weighted by molar-refractivity contribution is 5.75. The molecule has 1 aromatic carbocycles. The van der Waals surface area contributed by atoms with Crippen LogP contribution < -0.4 is 10.1 Å². The lowest BCUT2D eigenvalue weighted by Crippen LogP contribution is -2.67. The molecule has 0 aromatic heterocycles. The molecule has 6 atom stereocenters. The van der Waals surface area contributed by atoms with Crippen molar-refractivity contribution >= 4 is 17.9 Å². The molecule has 0 saturated carbocycles. The van der Waals surface area contributed by atoms with Crippen molar-refractivity contribution in [2.24, 2.45) is 0 Å². The first-order valence-corrected chi connectivity index (χ1v) is 9.76. The van der Waals surface area contributed by atoms with Crippen LogP contribution in [0.15, 0.2) is 24.3 Å². The third-order valence-corrected chi connectivity index (χ3v) is 4.87. The zero-order chi connectivity index (χ0) is 24.1. The molecule has 0 radical (unpaired) electrons. The van der Waals surface area contributed by atoms with Crippen molar-refractivity contribution in [1.29, 1.82) is 0 Å². The molecule has 1 heterocycles. The maximum Gasteiger partial charge on any atom is 0.364 e. The van der Waals surface area contributed by atoms with Gasteiger partial charge in [-0.25, -0.2) is 4.79 Å². The van der Waals surface area contributed by atoms with E-state index < -0.39 is 67.2 Å². The number of aliphatic carboxylic acids is 1. The summed E-state index contributed by atoms with van der Waals surface area (Å²) in [5.41, 5.74) is 0.500. The maximum atomic E-state index is 11.5. The minimum Gasteiger partial charge on any atom is -0.477 e. The Bertz CT molecular complexity index is 832. The van der Waals surface area contributed by atoms with E-state index in [1.807, 2.05) is 0 Å². The van der Waals surface area contributed by atoms with Crippen LogP contribution in [0.3, 0.4) is 0 Å². The number of hydrogen-bond acceptors (Lipinski definition) is 11. The molecule has 1 saturated heterocycles. The predicted molar refractivity (Wildman–Crippen MR) is 105 cm³/mol. The zero-order valence-corrected chi connectivity index (χ0v) is 17.5. The highest BCUT2D eigenvalue weighted by atomic mass is 16.7. The van der Waals surface area contributed by atoms with Gasteiger partial charge < -0.3 is 45.1 Å². The van der Waals surface area contributed by atoms with Crippen LogP contribution >= 0.6 is 0 Å². The average Bonchev–Trinajstić information content (AvgIpc) is 2.70. The number of carboxylic acid groups (broad SMARTS) is 1. The Balaban J connectivity index is 2.36. The Morgan fingerprint density at radius 3 is 2.47 bits per heavy atom. The molecule has 1 aromatic rings. The van der Waals surface area contributed by atoms with Crippen LogP contribution in [0.1, 0.15) is 25.8 Å². The lowest BCUT2D eigenvalue weighted by Gasteiger charge is -2.45. The molecule has 0 aliphatic carbocycles. The third kappa shape index (κ3) is 6.22. The number of rotatable bonds is 9. The van der Waals surface area contributed by atoms with Crippen LogP contribution in [-0.2, 0) is 30.4 Å². The van der Waals surface area contributed by atoms with Gasteiger partial charge in [-0.05, 0) is 6.07 Å². The lowest BCUT2D eigenvalue weighted by atomic mass is 9.88. The molecule has 2 rings (SSSR count). The van der Waals surface area contributed by atoms with Gasteiger partial charge in [-0.3, -0.25) is 9.59 Å². The molecule has 1 aliphatic heterocycles. The molecule has 1 aliphatic rings. The number of carbonyl (C=O) groups is 3. The van der Waals surface area contributed by atoms with E-state index in [0.717, 1.165) is 6.92 Å². The number of carbonyl (C=O) groups excluding carboxylic acids is 2. The van der Waals surface area contributed by atoms with E-state index in [2.05, 4.69) is 5.32 Å². The number of aliphatic hydroxyl groups excluding tert-OH is 3. The Labute approximate surface area is 183 Å². The number of ether oxygens (including phenoxy) is 3. The van der Waals surface area contributed by atoms with Crippen LogP contribution in [0, 0.1) is 0 Å². The number of nitrogens with one attached hydrogen (secondary N) is 1. The highest BCUT2D eigenvalue weighted by Gasteiger charge is 2.54. The molecule has 178 valence electrons. The normalized spacial score (nSPS) is 27.2. The van der Waals surface area contributed by atoms with Gasteiger partial charge in [0.25, 0.3) is 5.79 Å². The van der Waals surface area contributed by atoms with Crippen molar-refractivity contribution in [3.05, 3.63) is 29.8 Å². The first-order valence-electron chi connectivity index (χ1n) is 9.76. The molecule has 0 spiro atoms. The lowest BCUT2D eigenvalue weighted by molar-refractivity contribution is -0.297.